The van der Waals surface area contributed by atoms with Gasteiger partial charge in [-0.25, -0.2) is 0 Å². The van der Waals surface area contributed by atoms with E-state index in [2.05, 4.69) is 29.0 Å². The van der Waals surface area contributed by atoms with Gasteiger partial charge in [0.2, 0.25) is 0 Å². The Bertz CT molecular complexity index is 514. The molecule has 2 aromatic heterocycles. The highest BCUT2D eigenvalue weighted by Crippen LogP contribution is 2.21. The molecule has 0 saturated carbocycles. The van der Waals surface area contributed by atoms with Gasteiger partial charge in [0.25, 0.3) is 0 Å². The first-order valence-electron chi connectivity index (χ1n) is 5.31. The van der Waals surface area contributed by atoms with Crippen LogP contribution in [0.25, 0.3) is 11.4 Å². The highest BCUT2D eigenvalue weighted by molar-refractivity contribution is 7.71. The summed E-state index contributed by atoms with van der Waals surface area (Å²) in [5.74, 6) is 0.877. The molecule has 5 heteroatoms. The van der Waals surface area contributed by atoms with Gasteiger partial charge in [-0.3, -0.25) is 14.6 Å². The second-order valence-corrected chi connectivity index (χ2v) is 4.10. The van der Waals surface area contributed by atoms with Gasteiger partial charge in [-0.1, -0.05) is 6.92 Å². The summed E-state index contributed by atoms with van der Waals surface area (Å²) in [6.07, 6.45) is 4.54. The maximum absolute atomic E-state index is 5.24. The van der Waals surface area contributed by atoms with Gasteiger partial charge in [-0.2, -0.15) is 5.10 Å². The standard InChI is InChI=1S/C11H14N4S/c1-3-8(2)15-10(13-14-11(15)16)9-4-6-12-7-5-9/h4-8H,3H2,1-2H3,(H,14,16). The van der Waals surface area contributed by atoms with E-state index < -0.39 is 0 Å². The Morgan fingerprint density at radius 2 is 2.12 bits per heavy atom. The summed E-state index contributed by atoms with van der Waals surface area (Å²) in [6.45, 7) is 4.27. The molecule has 1 atom stereocenters. The molecule has 2 heterocycles. The highest BCUT2D eigenvalue weighted by atomic mass is 32.1. The maximum atomic E-state index is 5.24. The Hall–Kier alpha value is -1.49. The SMILES string of the molecule is CCC(C)n1c(-c2ccncc2)n[nH]c1=S. The van der Waals surface area contributed by atoms with E-state index in [1.54, 1.807) is 12.4 Å². The molecule has 0 saturated heterocycles. The van der Waals surface area contributed by atoms with Crippen LogP contribution < -0.4 is 0 Å². The molecule has 0 bridgehead atoms. The van der Waals surface area contributed by atoms with Crippen molar-refractivity contribution in [1.29, 1.82) is 0 Å². The Labute approximate surface area is 99.4 Å². The second-order valence-electron chi connectivity index (χ2n) is 3.72. The number of nitrogens with zero attached hydrogens (tertiary/aromatic N) is 3. The molecule has 0 aliphatic rings. The molecule has 0 aliphatic carbocycles. The smallest absolute Gasteiger partial charge is 0.195 e. The van der Waals surface area contributed by atoms with Gasteiger partial charge in [0.05, 0.1) is 0 Å². The summed E-state index contributed by atoms with van der Waals surface area (Å²) >= 11 is 5.24. The molecule has 0 fully saturated rings. The van der Waals surface area contributed by atoms with Crippen LogP contribution in [0.1, 0.15) is 26.3 Å². The summed E-state index contributed by atoms with van der Waals surface area (Å²) in [4.78, 5) is 4.00. The van der Waals surface area contributed by atoms with Crippen LogP contribution in [0.4, 0.5) is 0 Å². The lowest BCUT2D eigenvalue weighted by molar-refractivity contribution is 0.528. The number of rotatable bonds is 3. The summed E-state index contributed by atoms with van der Waals surface area (Å²) in [5.41, 5.74) is 1.03. The van der Waals surface area contributed by atoms with E-state index in [9.17, 15) is 0 Å². The number of pyridine rings is 1. The highest BCUT2D eigenvalue weighted by Gasteiger charge is 2.12. The first-order valence-corrected chi connectivity index (χ1v) is 5.72. The van der Waals surface area contributed by atoms with Crippen LogP contribution in [0, 0.1) is 4.77 Å². The minimum Gasteiger partial charge on any atom is -0.297 e. The fourth-order valence-electron chi connectivity index (χ4n) is 1.60. The zero-order chi connectivity index (χ0) is 11.5. The Balaban J connectivity index is 2.55. The molecule has 2 rings (SSSR count). The molecule has 2 aromatic rings. The lowest BCUT2D eigenvalue weighted by Gasteiger charge is -2.12. The fraction of sp³-hybridized carbons (Fsp3) is 0.364. The van der Waals surface area contributed by atoms with Gasteiger partial charge < -0.3 is 0 Å². The Morgan fingerprint density at radius 3 is 2.75 bits per heavy atom. The quantitative estimate of drug-likeness (QED) is 0.830. The molecule has 0 radical (unpaired) electrons. The summed E-state index contributed by atoms with van der Waals surface area (Å²) in [6, 6.07) is 4.21. The lowest BCUT2D eigenvalue weighted by Crippen LogP contribution is -2.06. The molecular weight excluding hydrogens is 220 g/mol. The zero-order valence-corrected chi connectivity index (χ0v) is 10.2. The minimum absolute atomic E-state index is 0.342. The van der Waals surface area contributed by atoms with Crippen LogP contribution in [-0.4, -0.2) is 19.7 Å². The second kappa shape index (κ2) is 4.57. The zero-order valence-electron chi connectivity index (χ0n) is 9.34. The van der Waals surface area contributed by atoms with E-state index in [1.807, 2.05) is 16.7 Å². The maximum Gasteiger partial charge on any atom is 0.195 e. The normalized spacial score (nSPS) is 12.6. The number of nitrogens with one attached hydrogen (secondary N) is 1. The van der Waals surface area contributed by atoms with E-state index in [0.717, 1.165) is 17.8 Å². The molecule has 0 amide bonds. The van der Waals surface area contributed by atoms with Gasteiger partial charge in [-0.15, -0.1) is 0 Å². The summed E-state index contributed by atoms with van der Waals surface area (Å²) in [5, 5.41) is 7.12. The summed E-state index contributed by atoms with van der Waals surface area (Å²) < 4.78 is 2.71. The van der Waals surface area contributed by atoms with Crippen LogP contribution in [0.2, 0.25) is 0 Å². The van der Waals surface area contributed by atoms with Gasteiger partial charge in [0.1, 0.15) is 0 Å². The van der Waals surface area contributed by atoms with E-state index in [4.69, 9.17) is 12.2 Å². The third-order valence-electron chi connectivity index (χ3n) is 2.67. The van der Waals surface area contributed by atoms with Crippen molar-refractivity contribution in [1.82, 2.24) is 19.7 Å². The summed E-state index contributed by atoms with van der Waals surface area (Å²) in [7, 11) is 0. The van der Waals surface area contributed by atoms with Gasteiger partial charge in [0, 0.05) is 24.0 Å². The average molecular weight is 234 g/mol. The number of aromatic nitrogens is 4. The molecule has 1 N–H and O–H groups in total. The first kappa shape index (κ1) is 11.0. The number of aromatic amines is 1. The molecular formula is C11H14N4S. The third kappa shape index (κ3) is 1.90. The topological polar surface area (TPSA) is 46.5 Å². The van der Waals surface area contributed by atoms with E-state index in [1.165, 1.54) is 0 Å². The van der Waals surface area contributed by atoms with Crippen LogP contribution in [0.5, 0.6) is 0 Å². The molecule has 0 spiro atoms. The Morgan fingerprint density at radius 1 is 1.44 bits per heavy atom. The Kier molecular flexibility index (Phi) is 3.14. The van der Waals surface area contributed by atoms with Crippen molar-refractivity contribution in [2.45, 2.75) is 26.3 Å². The average Bonchev–Trinajstić information content (AvgIpc) is 2.71. The fourth-order valence-corrected chi connectivity index (χ4v) is 1.91. The van der Waals surface area contributed by atoms with E-state index >= 15 is 0 Å². The molecule has 0 aromatic carbocycles. The van der Waals surface area contributed by atoms with Crippen molar-refractivity contribution in [3.8, 4) is 11.4 Å². The number of H-pyrrole nitrogens is 1. The third-order valence-corrected chi connectivity index (χ3v) is 2.96. The van der Waals surface area contributed by atoms with Crippen molar-refractivity contribution in [3.05, 3.63) is 29.3 Å². The van der Waals surface area contributed by atoms with Crippen LogP contribution in [0.3, 0.4) is 0 Å². The molecule has 16 heavy (non-hydrogen) atoms. The number of hydrogen-bond acceptors (Lipinski definition) is 3. The van der Waals surface area contributed by atoms with Gasteiger partial charge in [-0.05, 0) is 37.7 Å². The van der Waals surface area contributed by atoms with Crippen LogP contribution >= 0.6 is 12.2 Å². The monoisotopic (exact) mass is 234 g/mol. The largest absolute Gasteiger partial charge is 0.297 e. The van der Waals surface area contributed by atoms with E-state index in [0.29, 0.717) is 10.8 Å². The van der Waals surface area contributed by atoms with Crippen molar-refractivity contribution in [2.24, 2.45) is 0 Å². The van der Waals surface area contributed by atoms with E-state index in [-0.39, 0.29) is 0 Å². The molecule has 0 aliphatic heterocycles. The minimum atomic E-state index is 0.342. The molecule has 4 nitrogen and oxygen atoms in total. The van der Waals surface area contributed by atoms with Crippen molar-refractivity contribution in [2.75, 3.05) is 0 Å². The first-order chi connectivity index (χ1) is 7.74. The van der Waals surface area contributed by atoms with Crippen molar-refractivity contribution in [3.63, 3.8) is 0 Å². The predicted molar refractivity (Wildman–Crippen MR) is 65.6 cm³/mol. The van der Waals surface area contributed by atoms with Crippen molar-refractivity contribution < 1.29 is 0 Å². The predicted octanol–water partition coefficient (Wildman–Crippen LogP) is 2.97. The van der Waals surface area contributed by atoms with Crippen LogP contribution in [0.15, 0.2) is 24.5 Å². The number of hydrogen-bond donors (Lipinski definition) is 1. The molecule has 84 valence electrons. The lowest BCUT2D eigenvalue weighted by atomic mass is 10.2. The van der Waals surface area contributed by atoms with Gasteiger partial charge >= 0.3 is 0 Å². The van der Waals surface area contributed by atoms with Crippen LogP contribution in [-0.2, 0) is 0 Å². The molecule has 1 unspecified atom stereocenters. The van der Waals surface area contributed by atoms with Crippen molar-refractivity contribution >= 4 is 12.2 Å². The van der Waals surface area contributed by atoms with Gasteiger partial charge in [0.15, 0.2) is 10.6 Å².